The highest BCUT2D eigenvalue weighted by molar-refractivity contribution is 9.10. The number of carbonyl (C=O) groups is 6. The highest BCUT2D eigenvalue weighted by Crippen LogP contribution is 2.28. The number of aliphatic carboxylic acids is 1. The van der Waals surface area contributed by atoms with Crippen LogP contribution in [-0.4, -0.2) is 79.7 Å². The summed E-state index contributed by atoms with van der Waals surface area (Å²) in [4.78, 5) is 89.5. The highest BCUT2D eigenvalue weighted by Gasteiger charge is 2.41. The van der Waals surface area contributed by atoms with Gasteiger partial charge in [-0.2, -0.15) is 0 Å². The summed E-state index contributed by atoms with van der Waals surface area (Å²) in [6, 6.07) is 13.5. The molecule has 16 nitrogen and oxygen atoms in total. The van der Waals surface area contributed by atoms with Crippen LogP contribution in [0.1, 0.15) is 86.6 Å². The van der Waals surface area contributed by atoms with E-state index in [4.69, 9.17) is 5.73 Å². The van der Waals surface area contributed by atoms with E-state index in [2.05, 4.69) is 57.5 Å². The molecule has 2 atom stereocenters. The predicted octanol–water partition coefficient (Wildman–Crippen LogP) is 4.61. The van der Waals surface area contributed by atoms with Crippen molar-refractivity contribution in [3.8, 4) is 0 Å². The summed E-state index contributed by atoms with van der Waals surface area (Å²) in [6.07, 6.45) is 10.0. The Balaban J connectivity index is 1.28. The number of aromatic nitrogens is 3. The number of pyridine rings is 1. The molecule has 1 aliphatic rings. The fraction of sp³-hybridized carbons (Fsp3) is 0.366. The van der Waals surface area contributed by atoms with E-state index in [-0.39, 0.29) is 37.2 Å². The molecule has 17 heteroatoms. The summed E-state index contributed by atoms with van der Waals surface area (Å²) >= 11 is 3.45. The Bertz CT molecular complexity index is 2120. The first-order valence-electron chi connectivity index (χ1n) is 19.2. The van der Waals surface area contributed by atoms with E-state index in [1.54, 1.807) is 48.8 Å². The number of hydrogen-bond acceptors (Lipinski definition) is 9. The molecule has 2 aromatic heterocycles. The van der Waals surface area contributed by atoms with Crippen LogP contribution in [-0.2, 0) is 24.0 Å². The summed E-state index contributed by atoms with van der Waals surface area (Å²) < 4.78 is 0.886. The maximum Gasteiger partial charge on any atom is 0.303 e. The lowest BCUT2D eigenvalue weighted by Crippen LogP contribution is -2.62. The van der Waals surface area contributed by atoms with Gasteiger partial charge in [-0.3, -0.25) is 33.8 Å². The largest absolute Gasteiger partial charge is 0.481 e. The lowest BCUT2D eigenvalue weighted by molar-refractivity contribution is -0.137. The van der Waals surface area contributed by atoms with Gasteiger partial charge < -0.3 is 42.4 Å². The zero-order chi connectivity index (χ0) is 41.5. The van der Waals surface area contributed by atoms with E-state index in [0.29, 0.717) is 56.7 Å². The molecule has 0 aliphatic heterocycles. The zero-order valence-electron chi connectivity index (χ0n) is 31.9. The number of amides is 5. The van der Waals surface area contributed by atoms with Gasteiger partial charge in [0.1, 0.15) is 17.6 Å². The standard InChI is InChI=1S/C41H48BrN9O7/c42-28-16-17-30-33(24-28)50-40(49-30)46-29-11-6-10-27(23-29)36(55)47-31(12-2-5-22-45-34(52)18-15-26-9-8-21-44-25-26)37(56)48-32(13-7-14-35(53)54)38(57)51-41(39(43)58)19-3-1-4-20-41/h6,8-11,15-18,21,23-25,31-32H,1-5,7,12-14,19-20,22H2,(H2,43,58)(H,45,52)(H,47,55)(H,48,56)(H,51,57)(H,53,54)(H2,46,49,50)/b18-15+/t31-,32-/m1/s1. The molecule has 9 N–H and O–H groups in total. The fourth-order valence-electron chi connectivity index (χ4n) is 6.73. The Morgan fingerprint density at radius 1 is 0.914 bits per heavy atom. The summed E-state index contributed by atoms with van der Waals surface area (Å²) in [5.41, 5.74) is 7.59. The van der Waals surface area contributed by atoms with Crippen molar-refractivity contribution < 1.29 is 33.9 Å². The molecule has 306 valence electrons. The molecule has 0 bridgehead atoms. The van der Waals surface area contributed by atoms with Crippen LogP contribution in [0.2, 0.25) is 0 Å². The van der Waals surface area contributed by atoms with Crippen LogP contribution in [0, 0.1) is 0 Å². The number of aromatic amines is 1. The number of anilines is 2. The van der Waals surface area contributed by atoms with E-state index < -0.39 is 47.2 Å². The van der Waals surface area contributed by atoms with Gasteiger partial charge >= 0.3 is 5.97 Å². The molecule has 1 fully saturated rings. The number of unbranched alkanes of at least 4 members (excludes halogenated alkanes) is 1. The van der Waals surface area contributed by atoms with Crippen molar-refractivity contribution in [1.82, 2.24) is 36.2 Å². The highest BCUT2D eigenvalue weighted by atomic mass is 79.9. The normalized spacial score (nSPS) is 14.6. The zero-order valence-corrected chi connectivity index (χ0v) is 33.5. The number of hydrogen-bond donors (Lipinski definition) is 8. The summed E-state index contributed by atoms with van der Waals surface area (Å²) in [5.74, 6) is -3.49. The van der Waals surface area contributed by atoms with Crippen molar-refractivity contribution in [2.24, 2.45) is 5.73 Å². The van der Waals surface area contributed by atoms with Crippen LogP contribution in [0.4, 0.5) is 11.6 Å². The Hall–Kier alpha value is -6.10. The number of halogens is 1. The number of nitrogens with two attached hydrogens (primary N) is 1. The number of rotatable bonds is 20. The van der Waals surface area contributed by atoms with Gasteiger partial charge in [0.05, 0.1) is 11.0 Å². The third kappa shape index (κ3) is 12.7. The minimum absolute atomic E-state index is 0.0373. The number of carboxylic acids is 1. The number of H-pyrrole nitrogens is 1. The number of benzene rings is 2. The second kappa shape index (κ2) is 20.9. The van der Waals surface area contributed by atoms with Crippen molar-refractivity contribution in [1.29, 1.82) is 0 Å². The average Bonchev–Trinajstić information content (AvgIpc) is 3.60. The van der Waals surface area contributed by atoms with Crippen molar-refractivity contribution in [2.45, 2.75) is 88.3 Å². The molecule has 5 rings (SSSR count). The molecular weight excluding hydrogens is 810 g/mol. The van der Waals surface area contributed by atoms with Gasteiger partial charge in [-0.15, -0.1) is 0 Å². The number of imidazole rings is 1. The molecule has 0 saturated heterocycles. The Morgan fingerprint density at radius 2 is 1.69 bits per heavy atom. The van der Waals surface area contributed by atoms with E-state index >= 15 is 0 Å². The third-order valence-corrected chi connectivity index (χ3v) is 10.3. The summed E-state index contributed by atoms with van der Waals surface area (Å²) in [7, 11) is 0. The van der Waals surface area contributed by atoms with Gasteiger partial charge in [0.25, 0.3) is 5.91 Å². The molecule has 1 aliphatic carbocycles. The molecule has 0 radical (unpaired) electrons. The lowest BCUT2D eigenvalue weighted by atomic mass is 9.80. The molecule has 4 aromatic rings. The smallest absolute Gasteiger partial charge is 0.303 e. The second-order valence-corrected chi connectivity index (χ2v) is 15.1. The van der Waals surface area contributed by atoms with Crippen LogP contribution in [0.5, 0.6) is 0 Å². The van der Waals surface area contributed by atoms with Crippen molar-refractivity contribution >= 4 is 80.2 Å². The average molecular weight is 859 g/mol. The van der Waals surface area contributed by atoms with Gasteiger partial charge in [-0.25, -0.2) is 4.98 Å². The second-order valence-electron chi connectivity index (χ2n) is 14.2. The number of carboxylic acid groups (broad SMARTS) is 1. The number of primary amides is 1. The lowest BCUT2D eigenvalue weighted by Gasteiger charge is -2.36. The van der Waals surface area contributed by atoms with Crippen molar-refractivity contribution in [2.75, 3.05) is 11.9 Å². The topological polar surface area (TPSA) is 250 Å². The molecule has 2 heterocycles. The minimum Gasteiger partial charge on any atom is -0.481 e. The number of fused-ring (bicyclic) bond motifs is 1. The van der Waals surface area contributed by atoms with Crippen molar-refractivity contribution in [3.05, 3.63) is 88.7 Å². The summed E-state index contributed by atoms with van der Waals surface area (Å²) in [6.45, 7) is 0.292. The fourth-order valence-corrected chi connectivity index (χ4v) is 7.09. The molecule has 1 saturated carbocycles. The molecule has 5 amide bonds. The number of carbonyl (C=O) groups excluding carboxylic acids is 5. The maximum atomic E-state index is 14.0. The first-order chi connectivity index (χ1) is 27.9. The van der Waals surface area contributed by atoms with E-state index in [1.165, 1.54) is 6.08 Å². The van der Waals surface area contributed by atoms with Gasteiger partial charge in [0.2, 0.25) is 29.6 Å². The van der Waals surface area contributed by atoms with Gasteiger partial charge in [-0.1, -0.05) is 47.3 Å². The van der Waals surface area contributed by atoms with Gasteiger partial charge in [0, 0.05) is 47.2 Å². The monoisotopic (exact) mass is 857 g/mol. The quantitative estimate of drug-likeness (QED) is 0.0453. The Kier molecular flexibility index (Phi) is 15.5. The first-order valence-corrected chi connectivity index (χ1v) is 20.0. The molecule has 58 heavy (non-hydrogen) atoms. The van der Waals surface area contributed by atoms with Gasteiger partial charge in [-0.05, 0) is 99.0 Å². The Morgan fingerprint density at radius 3 is 2.43 bits per heavy atom. The molecule has 0 spiro atoms. The minimum atomic E-state index is -1.28. The van der Waals surface area contributed by atoms with Crippen LogP contribution in [0.15, 0.2) is 77.5 Å². The summed E-state index contributed by atoms with van der Waals surface area (Å²) in [5, 5.41) is 23.6. The van der Waals surface area contributed by atoms with E-state index in [9.17, 15) is 33.9 Å². The first kappa shape index (κ1) is 43.0. The molecular formula is C41H48BrN9O7. The van der Waals surface area contributed by atoms with Crippen LogP contribution >= 0.6 is 15.9 Å². The SMILES string of the molecule is NC(=O)C1(NC(=O)[C@@H](CCCC(=O)O)NC(=O)[C@@H](CCCCNC(=O)/C=C/c2cccnc2)NC(=O)c2cccc(Nc3nc4ccc(Br)cc4[nH]3)c2)CCCCC1. The van der Waals surface area contributed by atoms with Crippen molar-refractivity contribution in [3.63, 3.8) is 0 Å². The van der Waals surface area contributed by atoms with E-state index in [0.717, 1.165) is 27.5 Å². The van der Waals surface area contributed by atoms with Gasteiger partial charge in [0.15, 0.2) is 0 Å². The maximum absolute atomic E-state index is 14.0. The van der Waals surface area contributed by atoms with Crippen LogP contribution in [0.3, 0.4) is 0 Å². The molecule has 2 aromatic carbocycles. The van der Waals surface area contributed by atoms with E-state index in [1.807, 2.05) is 24.3 Å². The van der Waals surface area contributed by atoms with Crippen LogP contribution in [0.25, 0.3) is 17.1 Å². The number of nitrogens with one attached hydrogen (secondary N) is 6. The Labute approximate surface area is 343 Å². The predicted molar refractivity (Wildman–Crippen MR) is 221 cm³/mol. The van der Waals surface area contributed by atoms with Crippen LogP contribution < -0.4 is 32.3 Å². The molecule has 0 unspecified atom stereocenters. The third-order valence-electron chi connectivity index (χ3n) is 9.84. The number of nitrogens with zero attached hydrogens (tertiary/aromatic N) is 2.